The van der Waals surface area contributed by atoms with Crippen molar-refractivity contribution in [3.05, 3.63) is 93.0 Å². The molecule has 1 N–H and O–H groups in total. The first-order chi connectivity index (χ1) is 18.4. The molecule has 0 aliphatic carbocycles. The quantitative estimate of drug-likeness (QED) is 0.188. The van der Waals surface area contributed by atoms with E-state index in [1.807, 2.05) is 13.8 Å². The molecule has 1 amide bonds. The molecule has 0 radical (unpaired) electrons. The highest BCUT2D eigenvalue weighted by Gasteiger charge is 2.31. The summed E-state index contributed by atoms with van der Waals surface area (Å²) in [6, 6.07) is 14.7. The van der Waals surface area contributed by atoms with Gasteiger partial charge in [0.05, 0.1) is 22.8 Å². The molecule has 1 aromatic heterocycles. The molecule has 9 nitrogen and oxygen atoms in total. The number of nitro benzene ring substituents is 1. The van der Waals surface area contributed by atoms with E-state index in [4.69, 9.17) is 16.3 Å². The van der Waals surface area contributed by atoms with Crippen molar-refractivity contribution in [3.8, 4) is 23.1 Å². The fourth-order valence-electron chi connectivity index (χ4n) is 3.48. The lowest BCUT2D eigenvalue weighted by Gasteiger charge is -2.10. The van der Waals surface area contributed by atoms with Gasteiger partial charge in [-0.1, -0.05) is 37.6 Å². The fraction of sp³-hybridized carbons (Fsp3) is 0.192. The maximum Gasteiger partial charge on any atom is 0.416 e. The molecule has 4 aromatic rings. The van der Waals surface area contributed by atoms with Gasteiger partial charge in [0, 0.05) is 22.9 Å². The molecular weight excluding hydrogens is 539 g/mol. The Balaban J connectivity index is 1.64. The van der Waals surface area contributed by atoms with Gasteiger partial charge in [0.2, 0.25) is 0 Å². The summed E-state index contributed by atoms with van der Waals surface area (Å²) in [4.78, 5) is 27.4. The third-order valence-electron chi connectivity index (χ3n) is 5.36. The van der Waals surface area contributed by atoms with E-state index in [0.717, 1.165) is 18.2 Å². The van der Waals surface area contributed by atoms with Crippen molar-refractivity contribution in [2.24, 2.45) is 5.92 Å². The van der Waals surface area contributed by atoms with Crippen LogP contribution >= 0.6 is 11.6 Å². The summed E-state index contributed by atoms with van der Waals surface area (Å²) < 4.78 is 47.0. The minimum Gasteiger partial charge on any atom is -0.462 e. The van der Waals surface area contributed by atoms with Crippen molar-refractivity contribution in [3.63, 3.8) is 0 Å². The Bertz CT molecular complexity index is 1520. The van der Waals surface area contributed by atoms with Gasteiger partial charge < -0.3 is 10.1 Å². The number of hydrogen-bond acceptors (Lipinski definition) is 6. The van der Waals surface area contributed by atoms with E-state index < -0.39 is 28.3 Å². The van der Waals surface area contributed by atoms with Gasteiger partial charge in [-0.25, -0.2) is 4.68 Å². The number of carbonyl (C=O) groups excluding carboxylic acids is 1. The number of amides is 1. The molecule has 13 heteroatoms. The fourth-order valence-corrected chi connectivity index (χ4v) is 3.67. The number of halogens is 4. The molecule has 0 aliphatic rings. The smallest absolute Gasteiger partial charge is 0.416 e. The minimum atomic E-state index is -4.54. The van der Waals surface area contributed by atoms with E-state index in [2.05, 4.69) is 15.4 Å². The second-order valence-corrected chi connectivity index (χ2v) is 9.24. The van der Waals surface area contributed by atoms with Crippen molar-refractivity contribution in [2.45, 2.75) is 20.0 Å². The summed E-state index contributed by atoms with van der Waals surface area (Å²) in [5, 5.41) is 18.0. The van der Waals surface area contributed by atoms with E-state index >= 15 is 0 Å². The number of benzene rings is 3. The molecule has 0 fully saturated rings. The number of carbonyl (C=O) groups is 1. The van der Waals surface area contributed by atoms with Crippen LogP contribution in [0.3, 0.4) is 0 Å². The molecule has 1 heterocycles. The van der Waals surface area contributed by atoms with Gasteiger partial charge in [0.15, 0.2) is 5.82 Å². The molecule has 3 aromatic carbocycles. The predicted molar refractivity (Wildman–Crippen MR) is 138 cm³/mol. The van der Waals surface area contributed by atoms with Crippen molar-refractivity contribution in [1.29, 1.82) is 0 Å². The van der Waals surface area contributed by atoms with E-state index in [1.165, 1.54) is 28.9 Å². The number of hydrogen-bond donors (Lipinski definition) is 1. The number of alkyl halides is 3. The van der Waals surface area contributed by atoms with Crippen LogP contribution in [0.5, 0.6) is 6.01 Å². The van der Waals surface area contributed by atoms with Gasteiger partial charge in [-0.15, -0.1) is 5.10 Å². The second kappa shape index (κ2) is 11.1. The molecule has 202 valence electrons. The average molecular weight is 560 g/mol. The van der Waals surface area contributed by atoms with Crippen LogP contribution in [0.1, 0.15) is 29.8 Å². The monoisotopic (exact) mass is 559 g/mol. The SMILES string of the molecule is CC(C)COc1nc(-c2cccc(C(F)(F)F)c2)n(-c2ccc(NC(=O)c3ccc(Cl)c([N+](=O)[O-])c3)cc2)n1. The molecule has 0 bridgehead atoms. The van der Waals surface area contributed by atoms with Gasteiger partial charge in [-0.3, -0.25) is 14.9 Å². The minimum absolute atomic E-state index is 0.00202. The van der Waals surface area contributed by atoms with E-state index in [0.29, 0.717) is 18.0 Å². The van der Waals surface area contributed by atoms with Crippen LogP contribution in [0.4, 0.5) is 24.5 Å². The molecule has 0 saturated carbocycles. The van der Waals surface area contributed by atoms with Crippen LogP contribution in [-0.4, -0.2) is 32.2 Å². The number of aromatic nitrogens is 3. The third-order valence-corrected chi connectivity index (χ3v) is 5.68. The Labute approximate surface area is 225 Å². The van der Waals surface area contributed by atoms with Gasteiger partial charge in [-0.05, 0) is 54.4 Å². The molecule has 0 saturated heterocycles. The Morgan fingerprint density at radius 3 is 2.49 bits per heavy atom. The molecule has 0 atom stereocenters. The topological polar surface area (TPSA) is 112 Å². The van der Waals surface area contributed by atoms with Crippen LogP contribution in [0.15, 0.2) is 66.7 Å². The van der Waals surface area contributed by atoms with Crippen LogP contribution in [-0.2, 0) is 6.18 Å². The molecule has 4 rings (SSSR count). The molecular formula is C26H21ClF3N5O4. The van der Waals surface area contributed by atoms with Crippen LogP contribution < -0.4 is 10.1 Å². The molecule has 0 unspecified atom stereocenters. The van der Waals surface area contributed by atoms with Crippen molar-refractivity contribution in [1.82, 2.24) is 14.8 Å². The third kappa shape index (κ3) is 6.52. The highest BCUT2D eigenvalue weighted by molar-refractivity contribution is 6.32. The Hall–Kier alpha value is -4.45. The van der Waals surface area contributed by atoms with Crippen molar-refractivity contribution >= 4 is 28.9 Å². The van der Waals surface area contributed by atoms with Gasteiger partial charge in [0.1, 0.15) is 5.02 Å². The first-order valence-corrected chi connectivity index (χ1v) is 11.9. The lowest BCUT2D eigenvalue weighted by atomic mass is 10.1. The number of ether oxygens (including phenoxy) is 1. The number of anilines is 1. The number of nitro groups is 1. The number of nitrogens with one attached hydrogen (secondary N) is 1. The summed E-state index contributed by atoms with van der Waals surface area (Å²) in [5.74, 6) is -0.304. The summed E-state index contributed by atoms with van der Waals surface area (Å²) in [5.41, 5.74) is -0.223. The average Bonchev–Trinajstić information content (AvgIpc) is 3.32. The van der Waals surface area contributed by atoms with E-state index in [-0.39, 0.29) is 33.9 Å². The largest absolute Gasteiger partial charge is 0.462 e. The summed E-state index contributed by atoms with van der Waals surface area (Å²) in [6.07, 6.45) is -4.54. The van der Waals surface area contributed by atoms with Gasteiger partial charge >= 0.3 is 12.2 Å². The number of nitrogens with zero attached hydrogens (tertiary/aromatic N) is 4. The highest BCUT2D eigenvalue weighted by atomic mass is 35.5. The number of rotatable bonds is 8. The van der Waals surface area contributed by atoms with Crippen LogP contribution in [0.25, 0.3) is 17.1 Å². The zero-order chi connectivity index (χ0) is 28.3. The van der Waals surface area contributed by atoms with E-state index in [9.17, 15) is 28.1 Å². The van der Waals surface area contributed by atoms with Gasteiger partial charge in [0.25, 0.3) is 11.6 Å². The Morgan fingerprint density at radius 2 is 1.85 bits per heavy atom. The Morgan fingerprint density at radius 1 is 1.13 bits per heavy atom. The van der Waals surface area contributed by atoms with Crippen molar-refractivity contribution in [2.75, 3.05) is 11.9 Å². The second-order valence-electron chi connectivity index (χ2n) is 8.84. The van der Waals surface area contributed by atoms with Crippen LogP contribution in [0, 0.1) is 16.0 Å². The maximum atomic E-state index is 13.3. The lowest BCUT2D eigenvalue weighted by Crippen LogP contribution is -2.12. The van der Waals surface area contributed by atoms with E-state index in [1.54, 1.807) is 24.3 Å². The predicted octanol–water partition coefficient (Wildman–Crippen LogP) is 6.80. The normalized spacial score (nSPS) is 11.5. The maximum absolute atomic E-state index is 13.3. The zero-order valence-electron chi connectivity index (χ0n) is 20.6. The Kier molecular flexibility index (Phi) is 7.86. The summed E-state index contributed by atoms with van der Waals surface area (Å²) in [7, 11) is 0. The lowest BCUT2D eigenvalue weighted by molar-refractivity contribution is -0.384. The first-order valence-electron chi connectivity index (χ1n) is 11.6. The molecule has 0 aliphatic heterocycles. The zero-order valence-corrected chi connectivity index (χ0v) is 21.3. The first kappa shape index (κ1) is 27.6. The molecule has 0 spiro atoms. The van der Waals surface area contributed by atoms with Gasteiger partial charge in [-0.2, -0.15) is 18.2 Å². The standard InChI is InChI=1S/C26H21ClF3N5O4/c1-15(2)14-39-25-32-23(16-4-3-5-18(12-16)26(28,29)30)34(33-25)20-9-7-19(8-10-20)31-24(36)17-6-11-21(27)22(13-17)35(37)38/h3-13,15H,14H2,1-2H3,(H,31,36). The highest BCUT2D eigenvalue weighted by Crippen LogP contribution is 2.33. The molecule has 39 heavy (non-hydrogen) atoms. The summed E-state index contributed by atoms with van der Waals surface area (Å²) >= 11 is 5.81. The summed E-state index contributed by atoms with van der Waals surface area (Å²) in [6.45, 7) is 4.17. The van der Waals surface area contributed by atoms with Crippen LogP contribution in [0.2, 0.25) is 5.02 Å². The van der Waals surface area contributed by atoms with Crippen molar-refractivity contribution < 1.29 is 27.6 Å².